The second-order valence-electron chi connectivity index (χ2n) is 8.08. The van der Waals surface area contributed by atoms with Gasteiger partial charge in [-0.15, -0.1) is 0 Å². The number of hydrogen-bond acceptors (Lipinski definition) is 2. The van der Waals surface area contributed by atoms with Gasteiger partial charge in [0, 0.05) is 5.56 Å². The van der Waals surface area contributed by atoms with Crippen molar-refractivity contribution >= 4 is 5.69 Å². The van der Waals surface area contributed by atoms with Crippen LogP contribution in [0.1, 0.15) is 22.6 Å². The van der Waals surface area contributed by atoms with Gasteiger partial charge in [0.05, 0.1) is 24.1 Å². The molecule has 0 spiro atoms. The van der Waals surface area contributed by atoms with Gasteiger partial charge >= 0.3 is 6.04 Å². The molecule has 34 heavy (non-hydrogen) atoms. The molecule has 0 fully saturated rings. The van der Waals surface area contributed by atoms with E-state index < -0.39 is 12.0 Å². The first kappa shape index (κ1) is 20.7. The number of fused-ring (bicyclic) bond motifs is 3. The average Bonchev–Trinajstić information content (AvgIpc) is 3.21. The Labute approximate surface area is 198 Å². The van der Waals surface area contributed by atoms with E-state index in [2.05, 4.69) is 21.8 Å². The third kappa shape index (κ3) is 3.20. The van der Waals surface area contributed by atoms with Gasteiger partial charge in [-0.3, -0.25) is 4.85 Å². The minimum Gasteiger partial charge on any atom is -0.296 e. The zero-order valence-corrected chi connectivity index (χ0v) is 18.0. The molecular weight excluding hydrogens is 416 g/mol. The monoisotopic (exact) mass is 432 g/mol. The molecule has 4 aromatic carbocycles. The van der Waals surface area contributed by atoms with Crippen LogP contribution in [0.3, 0.4) is 0 Å². The van der Waals surface area contributed by atoms with Crippen LogP contribution in [0.2, 0.25) is 0 Å². The Kier molecular flexibility index (Phi) is 5.13. The smallest absolute Gasteiger partial charge is 0.296 e. The second-order valence-corrected chi connectivity index (χ2v) is 8.08. The van der Waals surface area contributed by atoms with Gasteiger partial charge in [-0.1, -0.05) is 72.8 Å². The fourth-order valence-corrected chi connectivity index (χ4v) is 4.78. The minimum absolute atomic E-state index is 0.480. The zero-order chi connectivity index (χ0) is 23.7. The SMILES string of the molecule is [C-]#[N+]c1cc2c(cc1-c1ccccc1)-c1cc(-c3ccccc3)c(C#N)cc1C2C(C#N)[N+]#[C-]. The van der Waals surface area contributed by atoms with Gasteiger partial charge in [0.2, 0.25) is 0 Å². The van der Waals surface area contributed by atoms with Crippen molar-refractivity contribution < 1.29 is 0 Å². The summed E-state index contributed by atoms with van der Waals surface area (Å²) in [4.78, 5) is 7.36. The molecule has 4 nitrogen and oxygen atoms in total. The average molecular weight is 432 g/mol. The lowest BCUT2D eigenvalue weighted by Gasteiger charge is -2.13. The third-order valence-corrected chi connectivity index (χ3v) is 6.32. The van der Waals surface area contributed by atoms with Crippen LogP contribution in [0.4, 0.5) is 5.69 Å². The predicted molar refractivity (Wildman–Crippen MR) is 132 cm³/mol. The molecule has 4 aromatic rings. The second kappa shape index (κ2) is 8.41. The van der Waals surface area contributed by atoms with Crippen LogP contribution in [0.15, 0.2) is 84.9 Å². The molecule has 0 N–H and O–H groups in total. The van der Waals surface area contributed by atoms with Crippen molar-refractivity contribution in [3.8, 4) is 45.5 Å². The van der Waals surface area contributed by atoms with Crippen LogP contribution in [0, 0.1) is 35.8 Å². The maximum Gasteiger partial charge on any atom is 0.317 e. The van der Waals surface area contributed by atoms with Crippen molar-refractivity contribution in [3.05, 3.63) is 124 Å². The summed E-state index contributed by atoms with van der Waals surface area (Å²) >= 11 is 0. The van der Waals surface area contributed by atoms with E-state index in [1.807, 2.05) is 84.9 Å². The standard InChI is InChI=1S/C30H16N4/c1-33-28-16-27-25(15-23(28)20-11-7-4-8-12-20)24-14-22(19-9-5-3-6-10-19)21(17-31)13-26(24)30(27)29(18-32)34-2/h3-16,29-30H. The highest BCUT2D eigenvalue weighted by molar-refractivity contribution is 5.92. The fourth-order valence-electron chi connectivity index (χ4n) is 4.78. The zero-order valence-electron chi connectivity index (χ0n) is 18.0. The van der Waals surface area contributed by atoms with Crippen molar-refractivity contribution in [3.63, 3.8) is 0 Å². The molecule has 0 heterocycles. The Bertz CT molecular complexity index is 1470. The Morgan fingerprint density at radius 1 is 0.706 bits per heavy atom. The molecule has 0 saturated heterocycles. The lowest BCUT2D eigenvalue weighted by Crippen LogP contribution is -2.12. The fraction of sp³-hybridized carbons (Fsp3) is 0.0667. The van der Waals surface area contributed by atoms with Crippen LogP contribution < -0.4 is 0 Å². The quantitative estimate of drug-likeness (QED) is 0.317. The highest BCUT2D eigenvalue weighted by atomic mass is 14.7. The molecule has 0 radical (unpaired) electrons. The number of benzene rings is 4. The normalized spacial score (nSPS) is 13.9. The van der Waals surface area contributed by atoms with Gasteiger partial charge in [0.1, 0.15) is 0 Å². The van der Waals surface area contributed by atoms with Crippen LogP contribution in [0.5, 0.6) is 0 Å². The van der Waals surface area contributed by atoms with Gasteiger partial charge < -0.3 is 0 Å². The van der Waals surface area contributed by atoms with E-state index >= 15 is 0 Å². The van der Waals surface area contributed by atoms with Crippen LogP contribution >= 0.6 is 0 Å². The molecule has 0 saturated carbocycles. The molecule has 2 unspecified atom stereocenters. The molecule has 4 heteroatoms. The Morgan fingerprint density at radius 2 is 1.26 bits per heavy atom. The first-order chi connectivity index (χ1) is 16.7. The van der Waals surface area contributed by atoms with Crippen LogP contribution in [-0.2, 0) is 0 Å². The van der Waals surface area contributed by atoms with Crippen molar-refractivity contribution in [2.24, 2.45) is 0 Å². The molecule has 5 rings (SSSR count). The lowest BCUT2D eigenvalue weighted by atomic mass is 9.87. The molecule has 0 aliphatic heterocycles. The van der Waals surface area contributed by atoms with E-state index in [0.717, 1.165) is 44.5 Å². The van der Waals surface area contributed by atoms with E-state index in [1.165, 1.54) is 0 Å². The summed E-state index contributed by atoms with van der Waals surface area (Å²) in [5, 5.41) is 19.7. The molecule has 2 atom stereocenters. The summed E-state index contributed by atoms with van der Waals surface area (Å²) in [7, 11) is 0. The molecule has 156 valence electrons. The van der Waals surface area contributed by atoms with E-state index in [-0.39, 0.29) is 0 Å². The van der Waals surface area contributed by atoms with Gasteiger partial charge in [0.25, 0.3) is 0 Å². The third-order valence-electron chi connectivity index (χ3n) is 6.32. The molecule has 0 amide bonds. The maximum atomic E-state index is 9.93. The lowest BCUT2D eigenvalue weighted by molar-refractivity contribution is 0.808. The van der Waals surface area contributed by atoms with E-state index in [4.69, 9.17) is 13.1 Å². The molecule has 1 aliphatic rings. The minimum atomic E-state index is -0.949. The van der Waals surface area contributed by atoms with E-state index in [1.54, 1.807) is 0 Å². The molecule has 1 aliphatic carbocycles. The summed E-state index contributed by atoms with van der Waals surface area (Å²) in [6.45, 7) is 15.4. The Morgan fingerprint density at radius 3 is 1.79 bits per heavy atom. The molecular formula is C30H16N4. The largest absolute Gasteiger partial charge is 0.317 e. The van der Waals surface area contributed by atoms with Crippen molar-refractivity contribution in [2.45, 2.75) is 12.0 Å². The van der Waals surface area contributed by atoms with E-state index in [0.29, 0.717) is 11.3 Å². The Balaban J connectivity index is 1.84. The van der Waals surface area contributed by atoms with Gasteiger partial charge in [-0.05, 0) is 51.1 Å². The topological polar surface area (TPSA) is 56.3 Å². The number of nitriles is 2. The van der Waals surface area contributed by atoms with Crippen molar-refractivity contribution in [1.29, 1.82) is 10.5 Å². The summed E-state index contributed by atoms with van der Waals surface area (Å²) in [5.74, 6) is -0.519. The summed E-state index contributed by atoms with van der Waals surface area (Å²) in [6, 6.07) is 30.6. The predicted octanol–water partition coefficient (Wildman–Crippen LogP) is 7.37. The van der Waals surface area contributed by atoms with Crippen LogP contribution in [0.25, 0.3) is 43.1 Å². The summed E-state index contributed by atoms with van der Waals surface area (Å²) in [5.41, 5.74) is 7.82. The van der Waals surface area contributed by atoms with Crippen molar-refractivity contribution in [1.82, 2.24) is 0 Å². The maximum absolute atomic E-state index is 9.93. The molecule has 0 aromatic heterocycles. The molecule has 0 bridgehead atoms. The summed E-state index contributed by atoms with van der Waals surface area (Å²) < 4.78 is 0. The number of rotatable bonds is 3. The highest BCUT2D eigenvalue weighted by Crippen LogP contribution is 2.52. The van der Waals surface area contributed by atoms with Crippen molar-refractivity contribution in [2.75, 3.05) is 0 Å². The van der Waals surface area contributed by atoms with Gasteiger partial charge in [-0.2, -0.15) is 10.5 Å². The first-order valence-corrected chi connectivity index (χ1v) is 10.7. The van der Waals surface area contributed by atoms with Gasteiger partial charge in [0.15, 0.2) is 11.8 Å². The Hall–Kier alpha value is -5.16. The van der Waals surface area contributed by atoms with Crippen LogP contribution in [-0.4, -0.2) is 6.04 Å². The number of nitrogens with zero attached hydrogens (tertiary/aromatic N) is 4. The van der Waals surface area contributed by atoms with E-state index in [9.17, 15) is 10.5 Å². The number of hydrogen-bond donors (Lipinski definition) is 0. The summed E-state index contributed by atoms with van der Waals surface area (Å²) in [6.07, 6.45) is 0. The highest BCUT2D eigenvalue weighted by Gasteiger charge is 2.40. The van der Waals surface area contributed by atoms with Gasteiger partial charge in [-0.25, -0.2) is 11.4 Å². The first-order valence-electron chi connectivity index (χ1n) is 10.7.